The number of hydrogen-bond acceptors (Lipinski definition) is 3. The van der Waals surface area contributed by atoms with Gasteiger partial charge in [0.05, 0.1) is 11.4 Å². The maximum Gasteiger partial charge on any atom is 0.322 e. The molecule has 0 radical (unpaired) electrons. The number of hydrogen-bond donors (Lipinski definition) is 2. The molecule has 7 heteroatoms. The Balaban J connectivity index is 1.38. The van der Waals surface area contributed by atoms with E-state index >= 15 is 0 Å². The van der Waals surface area contributed by atoms with Gasteiger partial charge in [-0.25, -0.2) is 4.79 Å². The lowest BCUT2D eigenvalue weighted by Gasteiger charge is -2.35. The molecule has 0 saturated heterocycles. The molecule has 0 aromatic heterocycles. The van der Waals surface area contributed by atoms with Gasteiger partial charge in [0, 0.05) is 13.1 Å². The highest BCUT2D eigenvalue weighted by molar-refractivity contribution is 6.12. The zero-order chi connectivity index (χ0) is 23.0. The number of carbonyl (C=O) groups is 3. The highest BCUT2D eigenvalue weighted by Gasteiger charge is 2.33. The summed E-state index contributed by atoms with van der Waals surface area (Å²) in [5, 5.41) is 5.81. The Morgan fingerprint density at radius 2 is 1.67 bits per heavy atom. The second kappa shape index (κ2) is 10.8. The van der Waals surface area contributed by atoms with Crippen LogP contribution in [0.2, 0.25) is 0 Å². The monoisotopic (exact) mass is 446 g/mol. The van der Waals surface area contributed by atoms with Gasteiger partial charge in [0.1, 0.15) is 13.1 Å². The molecule has 4 rings (SSSR count). The minimum Gasteiger partial charge on any atom is -0.354 e. The van der Waals surface area contributed by atoms with E-state index in [4.69, 9.17) is 0 Å². The summed E-state index contributed by atoms with van der Waals surface area (Å²) in [5.74, 6) is -0.481. The third-order valence-corrected chi connectivity index (χ3v) is 6.04. The number of nitrogens with zero attached hydrogens (tertiary/aromatic N) is 2. The Kier molecular flexibility index (Phi) is 7.40. The zero-order valence-electron chi connectivity index (χ0n) is 18.8. The van der Waals surface area contributed by atoms with E-state index in [9.17, 15) is 14.4 Å². The summed E-state index contributed by atoms with van der Waals surface area (Å²) in [6.07, 6.45) is 7.82. The number of amides is 4. The van der Waals surface area contributed by atoms with Crippen molar-refractivity contribution < 1.29 is 14.4 Å². The smallest absolute Gasteiger partial charge is 0.322 e. The van der Waals surface area contributed by atoms with Crippen LogP contribution in [0.1, 0.15) is 37.7 Å². The highest BCUT2D eigenvalue weighted by Crippen LogP contribution is 2.33. The van der Waals surface area contributed by atoms with Gasteiger partial charge >= 0.3 is 6.03 Å². The fourth-order valence-corrected chi connectivity index (χ4v) is 4.28. The average molecular weight is 447 g/mol. The predicted molar refractivity (Wildman–Crippen MR) is 129 cm³/mol. The van der Waals surface area contributed by atoms with Crippen LogP contribution in [0.15, 0.2) is 66.2 Å². The number of fused-ring (bicyclic) bond motifs is 1. The van der Waals surface area contributed by atoms with Gasteiger partial charge in [-0.3, -0.25) is 19.4 Å². The summed E-state index contributed by atoms with van der Waals surface area (Å²) < 4.78 is 0. The molecule has 2 aliphatic rings. The molecule has 7 nitrogen and oxygen atoms in total. The van der Waals surface area contributed by atoms with Crippen LogP contribution in [0.25, 0.3) is 0 Å². The average Bonchev–Trinajstić information content (AvgIpc) is 2.85. The third kappa shape index (κ3) is 5.80. The highest BCUT2D eigenvalue weighted by atomic mass is 16.2. The van der Waals surface area contributed by atoms with Gasteiger partial charge < -0.3 is 10.6 Å². The van der Waals surface area contributed by atoms with Crippen LogP contribution in [0.3, 0.4) is 0 Å². The molecule has 0 unspecified atom stereocenters. The Morgan fingerprint density at radius 3 is 2.42 bits per heavy atom. The molecule has 0 spiro atoms. The van der Waals surface area contributed by atoms with E-state index in [0.29, 0.717) is 24.5 Å². The number of nitrogens with one attached hydrogen (secondary N) is 2. The van der Waals surface area contributed by atoms with Gasteiger partial charge in [-0.1, -0.05) is 54.1 Å². The summed E-state index contributed by atoms with van der Waals surface area (Å²) in [6.45, 7) is 0.767. The maximum absolute atomic E-state index is 12.9. The second-order valence-electron chi connectivity index (χ2n) is 8.41. The lowest BCUT2D eigenvalue weighted by Crippen LogP contribution is -2.53. The first kappa shape index (κ1) is 22.6. The number of benzene rings is 2. The SMILES string of the molecule is O=C(CN1C(=O)CN(C(=O)NCc2ccccc2)c2ccccc21)NCCC1=CCCCC1. The molecule has 0 bridgehead atoms. The normalized spacial score (nSPS) is 15.5. The molecular formula is C26H30N4O3. The van der Waals surface area contributed by atoms with E-state index in [0.717, 1.165) is 24.8 Å². The Morgan fingerprint density at radius 1 is 0.909 bits per heavy atom. The van der Waals surface area contributed by atoms with Crippen molar-refractivity contribution >= 4 is 29.2 Å². The van der Waals surface area contributed by atoms with E-state index in [1.54, 1.807) is 18.2 Å². The quantitative estimate of drug-likeness (QED) is 0.636. The van der Waals surface area contributed by atoms with Gasteiger partial charge in [-0.15, -0.1) is 0 Å². The van der Waals surface area contributed by atoms with Crippen molar-refractivity contribution in [1.29, 1.82) is 0 Å². The lowest BCUT2D eigenvalue weighted by molar-refractivity contribution is -0.123. The van der Waals surface area contributed by atoms with Crippen molar-refractivity contribution in [2.24, 2.45) is 0 Å². The van der Waals surface area contributed by atoms with Crippen LogP contribution >= 0.6 is 0 Å². The first-order valence-corrected chi connectivity index (χ1v) is 11.5. The summed E-state index contributed by atoms with van der Waals surface area (Å²) >= 11 is 0. The number of rotatable bonds is 7. The Labute approximate surface area is 194 Å². The fourth-order valence-electron chi connectivity index (χ4n) is 4.28. The van der Waals surface area contributed by atoms with E-state index in [-0.39, 0.29) is 30.9 Å². The molecule has 0 fully saturated rings. The second-order valence-corrected chi connectivity index (χ2v) is 8.41. The minimum atomic E-state index is -0.343. The molecule has 2 aromatic carbocycles. The number of allylic oxidation sites excluding steroid dienone is 1. The summed E-state index contributed by atoms with van der Waals surface area (Å²) in [4.78, 5) is 41.2. The standard InChI is InChI=1S/C26H30N4O3/c31-24(27-16-15-20-9-3-1-4-10-20)18-29-22-13-7-8-14-23(22)30(19-25(29)32)26(33)28-17-21-11-5-2-6-12-21/h2,5-9,11-14H,1,3-4,10,15-19H2,(H,27,31)(H,28,33). The summed E-state index contributed by atoms with van der Waals surface area (Å²) in [6, 6.07) is 16.5. The molecule has 1 aliphatic carbocycles. The van der Waals surface area contributed by atoms with Crippen LogP contribution in [0.4, 0.5) is 16.2 Å². The van der Waals surface area contributed by atoms with Crippen molar-refractivity contribution in [2.75, 3.05) is 29.4 Å². The van der Waals surface area contributed by atoms with Crippen molar-refractivity contribution in [3.05, 3.63) is 71.8 Å². The van der Waals surface area contributed by atoms with Crippen LogP contribution in [-0.4, -0.2) is 37.5 Å². The first-order chi connectivity index (χ1) is 16.1. The fraction of sp³-hybridized carbons (Fsp3) is 0.346. The zero-order valence-corrected chi connectivity index (χ0v) is 18.8. The largest absolute Gasteiger partial charge is 0.354 e. The number of anilines is 2. The van der Waals surface area contributed by atoms with Gasteiger partial charge in [0.2, 0.25) is 11.8 Å². The number of urea groups is 1. The third-order valence-electron chi connectivity index (χ3n) is 6.04. The lowest BCUT2D eigenvalue weighted by atomic mass is 9.97. The van der Waals surface area contributed by atoms with E-state index in [1.807, 2.05) is 36.4 Å². The molecule has 2 N–H and O–H groups in total. The van der Waals surface area contributed by atoms with E-state index in [2.05, 4.69) is 16.7 Å². The Bertz CT molecular complexity index is 1030. The Hall–Kier alpha value is -3.61. The molecule has 172 valence electrons. The summed E-state index contributed by atoms with van der Waals surface area (Å²) in [7, 11) is 0. The molecule has 4 amide bonds. The molecule has 1 heterocycles. The number of para-hydroxylation sites is 2. The predicted octanol–water partition coefficient (Wildman–Crippen LogP) is 3.76. The minimum absolute atomic E-state index is 0.0611. The van der Waals surface area contributed by atoms with E-state index in [1.165, 1.54) is 28.2 Å². The molecule has 33 heavy (non-hydrogen) atoms. The van der Waals surface area contributed by atoms with Crippen molar-refractivity contribution in [2.45, 2.75) is 38.6 Å². The topological polar surface area (TPSA) is 81.8 Å². The van der Waals surface area contributed by atoms with Gasteiger partial charge in [-0.2, -0.15) is 0 Å². The van der Waals surface area contributed by atoms with Crippen molar-refractivity contribution in [1.82, 2.24) is 10.6 Å². The molecule has 1 aliphatic heterocycles. The van der Waals surface area contributed by atoms with E-state index < -0.39 is 0 Å². The molecule has 0 atom stereocenters. The molecular weight excluding hydrogens is 416 g/mol. The van der Waals surface area contributed by atoms with Crippen LogP contribution in [0.5, 0.6) is 0 Å². The van der Waals surface area contributed by atoms with Crippen molar-refractivity contribution in [3.8, 4) is 0 Å². The number of carbonyl (C=O) groups excluding carboxylic acids is 3. The molecule has 0 saturated carbocycles. The van der Waals surface area contributed by atoms with Gasteiger partial charge in [0.25, 0.3) is 0 Å². The van der Waals surface area contributed by atoms with Crippen LogP contribution in [-0.2, 0) is 16.1 Å². The summed E-state index contributed by atoms with van der Waals surface area (Å²) in [5.41, 5.74) is 3.56. The van der Waals surface area contributed by atoms with Crippen LogP contribution < -0.4 is 20.4 Å². The van der Waals surface area contributed by atoms with Gasteiger partial charge in [0.15, 0.2) is 0 Å². The van der Waals surface area contributed by atoms with Crippen LogP contribution in [0, 0.1) is 0 Å². The maximum atomic E-state index is 12.9. The van der Waals surface area contributed by atoms with Crippen molar-refractivity contribution in [3.63, 3.8) is 0 Å². The first-order valence-electron chi connectivity index (χ1n) is 11.5. The molecule has 2 aromatic rings. The van der Waals surface area contributed by atoms with Gasteiger partial charge in [-0.05, 0) is 49.8 Å².